The highest BCUT2D eigenvalue weighted by Gasteiger charge is 2.04. The van der Waals surface area contributed by atoms with E-state index in [1.54, 1.807) is 0 Å². The van der Waals surface area contributed by atoms with Gasteiger partial charge in [-0.15, -0.1) is 5.10 Å². The van der Waals surface area contributed by atoms with Crippen LogP contribution in [0.1, 0.15) is 69.5 Å². The normalized spacial score (nSPS) is 11.0. The summed E-state index contributed by atoms with van der Waals surface area (Å²) in [5, 5.41) is 8.34. The molecule has 0 atom stereocenters. The molecule has 3 nitrogen and oxygen atoms in total. The van der Waals surface area contributed by atoms with Crippen molar-refractivity contribution in [2.24, 2.45) is 0 Å². The highest BCUT2D eigenvalue weighted by molar-refractivity contribution is 5.14. The fraction of sp³-hybridized carbons (Fsp3) is 0.600. The molecule has 0 saturated heterocycles. The first kappa shape index (κ1) is 17.7. The highest BCUT2D eigenvalue weighted by Crippen LogP contribution is 2.11. The molecule has 0 amide bonds. The summed E-state index contributed by atoms with van der Waals surface area (Å²) < 4.78 is 2.08. The smallest absolute Gasteiger partial charge is 0.0725 e. The zero-order valence-corrected chi connectivity index (χ0v) is 14.6. The Morgan fingerprint density at radius 1 is 0.826 bits per heavy atom. The van der Waals surface area contributed by atoms with Crippen LogP contribution in [-0.2, 0) is 19.4 Å². The van der Waals surface area contributed by atoms with Gasteiger partial charge in [-0.05, 0) is 24.8 Å². The van der Waals surface area contributed by atoms with Crippen molar-refractivity contribution in [3.8, 4) is 0 Å². The van der Waals surface area contributed by atoms with Gasteiger partial charge in [-0.25, -0.2) is 4.68 Å². The molecule has 0 N–H and O–H groups in total. The number of aromatic nitrogens is 3. The Hall–Kier alpha value is -1.64. The van der Waals surface area contributed by atoms with Crippen molar-refractivity contribution in [3.63, 3.8) is 0 Å². The van der Waals surface area contributed by atoms with E-state index in [9.17, 15) is 0 Å². The van der Waals surface area contributed by atoms with E-state index in [0.29, 0.717) is 0 Å². The lowest BCUT2D eigenvalue weighted by Crippen LogP contribution is -2.07. The molecule has 0 bridgehead atoms. The van der Waals surface area contributed by atoms with E-state index < -0.39 is 0 Å². The van der Waals surface area contributed by atoms with Crippen molar-refractivity contribution in [2.45, 2.75) is 77.7 Å². The standard InChI is InChI=1S/C20H31N3/c1-2-3-4-5-6-7-8-12-15-20-18-21-22-23(20)17-16-19-13-10-9-11-14-19/h9-11,13-14,18H,2-8,12,15-17H2,1H3. The average Bonchev–Trinajstić information content (AvgIpc) is 3.04. The van der Waals surface area contributed by atoms with Gasteiger partial charge in [0.1, 0.15) is 0 Å². The predicted octanol–water partition coefficient (Wildman–Crippen LogP) is 5.20. The molecule has 126 valence electrons. The van der Waals surface area contributed by atoms with Crippen molar-refractivity contribution >= 4 is 0 Å². The van der Waals surface area contributed by atoms with Gasteiger partial charge in [-0.2, -0.15) is 0 Å². The van der Waals surface area contributed by atoms with E-state index in [0.717, 1.165) is 19.4 Å². The lowest BCUT2D eigenvalue weighted by Gasteiger charge is -2.06. The second-order valence-corrected chi connectivity index (χ2v) is 6.41. The molecule has 1 aromatic heterocycles. The summed E-state index contributed by atoms with van der Waals surface area (Å²) in [5.74, 6) is 0. The minimum absolute atomic E-state index is 0.927. The Labute approximate surface area is 141 Å². The van der Waals surface area contributed by atoms with Crippen LogP contribution in [0.5, 0.6) is 0 Å². The topological polar surface area (TPSA) is 30.7 Å². The van der Waals surface area contributed by atoms with Crippen LogP contribution in [0, 0.1) is 0 Å². The van der Waals surface area contributed by atoms with Crippen LogP contribution in [0.15, 0.2) is 36.5 Å². The van der Waals surface area contributed by atoms with Gasteiger partial charge in [0, 0.05) is 6.54 Å². The van der Waals surface area contributed by atoms with Crippen molar-refractivity contribution in [1.29, 1.82) is 0 Å². The highest BCUT2D eigenvalue weighted by atomic mass is 15.4. The van der Waals surface area contributed by atoms with Crippen LogP contribution >= 0.6 is 0 Å². The molecule has 3 heteroatoms. The lowest BCUT2D eigenvalue weighted by atomic mass is 10.1. The number of rotatable bonds is 12. The molecule has 2 aromatic rings. The first-order chi connectivity index (χ1) is 11.4. The molecule has 0 unspecified atom stereocenters. The Morgan fingerprint density at radius 2 is 1.52 bits per heavy atom. The van der Waals surface area contributed by atoms with Gasteiger partial charge in [0.05, 0.1) is 11.9 Å². The number of unbranched alkanes of at least 4 members (excludes halogenated alkanes) is 7. The molecular formula is C20H31N3. The van der Waals surface area contributed by atoms with Crippen molar-refractivity contribution in [1.82, 2.24) is 15.0 Å². The molecule has 0 aliphatic rings. The van der Waals surface area contributed by atoms with Gasteiger partial charge in [-0.3, -0.25) is 0 Å². The predicted molar refractivity (Wildman–Crippen MR) is 96.5 cm³/mol. The van der Waals surface area contributed by atoms with Crippen LogP contribution < -0.4 is 0 Å². The molecule has 0 radical (unpaired) electrons. The second-order valence-electron chi connectivity index (χ2n) is 6.41. The van der Waals surface area contributed by atoms with Crippen LogP contribution in [0.2, 0.25) is 0 Å². The second kappa shape index (κ2) is 11.0. The van der Waals surface area contributed by atoms with E-state index in [1.165, 1.54) is 62.6 Å². The SMILES string of the molecule is CCCCCCCCCCc1cnnn1CCc1ccccc1. The maximum Gasteiger partial charge on any atom is 0.0725 e. The molecule has 0 fully saturated rings. The summed E-state index contributed by atoms with van der Waals surface area (Å²) >= 11 is 0. The number of benzene rings is 1. The summed E-state index contributed by atoms with van der Waals surface area (Å²) in [6.45, 7) is 3.20. The largest absolute Gasteiger partial charge is 0.249 e. The summed E-state index contributed by atoms with van der Waals surface area (Å²) in [6.07, 6.45) is 15.0. The van der Waals surface area contributed by atoms with Crippen molar-refractivity contribution < 1.29 is 0 Å². The average molecular weight is 313 g/mol. The first-order valence-corrected chi connectivity index (χ1v) is 9.31. The van der Waals surface area contributed by atoms with Gasteiger partial charge < -0.3 is 0 Å². The number of hydrogen-bond donors (Lipinski definition) is 0. The quantitative estimate of drug-likeness (QED) is 0.504. The summed E-state index contributed by atoms with van der Waals surface area (Å²) in [5.41, 5.74) is 2.65. The lowest BCUT2D eigenvalue weighted by molar-refractivity contribution is 0.541. The third-order valence-corrected chi connectivity index (χ3v) is 4.44. The van der Waals surface area contributed by atoms with E-state index in [1.807, 2.05) is 6.20 Å². The van der Waals surface area contributed by atoms with Crippen molar-refractivity contribution in [3.05, 3.63) is 47.8 Å². The number of nitrogens with zero attached hydrogens (tertiary/aromatic N) is 3. The molecule has 0 aliphatic carbocycles. The summed E-state index contributed by atoms with van der Waals surface area (Å²) in [7, 11) is 0. The molecule has 1 heterocycles. The fourth-order valence-electron chi connectivity index (χ4n) is 2.98. The minimum atomic E-state index is 0.927. The molecule has 23 heavy (non-hydrogen) atoms. The zero-order chi connectivity index (χ0) is 16.2. The molecule has 2 rings (SSSR count). The molecular weight excluding hydrogens is 282 g/mol. The van der Waals surface area contributed by atoms with E-state index in [4.69, 9.17) is 0 Å². The van der Waals surface area contributed by atoms with Gasteiger partial charge in [-0.1, -0.05) is 87.4 Å². The maximum absolute atomic E-state index is 4.25. The summed E-state index contributed by atoms with van der Waals surface area (Å²) in [6, 6.07) is 10.6. The van der Waals surface area contributed by atoms with Gasteiger partial charge in [0.15, 0.2) is 0 Å². The Kier molecular flexibility index (Phi) is 8.46. The van der Waals surface area contributed by atoms with E-state index in [2.05, 4.69) is 52.2 Å². The van der Waals surface area contributed by atoms with Crippen LogP contribution in [0.3, 0.4) is 0 Å². The monoisotopic (exact) mass is 313 g/mol. The Balaban J connectivity index is 1.62. The van der Waals surface area contributed by atoms with Gasteiger partial charge in [0.25, 0.3) is 0 Å². The fourth-order valence-corrected chi connectivity index (χ4v) is 2.98. The number of aryl methyl sites for hydroxylation is 3. The van der Waals surface area contributed by atoms with Crippen LogP contribution in [0.25, 0.3) is 0 Å². The number of hydrogen-bond acceptors (Lipinski definition) is 2. The van der Waals surface area contributed by atoms with Crippen molar-refractivity contribution in [2.75, 3.05) is 0 Å². The maximum atomic E-state index is 4.25. The minimum Gasteiger partial charge on any atom is -0.249 e. The molecule has 0 aliphatic heterocycles. The third kappa shape index (κ3) is 6.98. The molecule has 0 saturated carbocycles. The zero-order valence-electron chi connectivity index (χ0n) is 14.6. The molecule has 1 aromatic carbocycles. The first-order valence-electron chi connectivity index (χ1n) is 9.31. The van der Waals surface area contributed by atoms with Gasteiger partial charge >= 0.3 is 0 Å². The summed E-state index contributed by atoms with van der Waals surface area (Å²) in [4.78, 5) is 0. The van der Waals surface area contributed by atoms with E-state index in [-0.39, 0.29) is 0 Å². The van der Waals surface area contributed by atoms with Crippen LogP contribution in [0.4, 0.5) is 0 Å². The Morgan fingerprint density at radius 3 is 2.26 bits per heavy atom. The van der Waals surface area contributed by atoms with E-state index >= 15 is 0 Å². The third-order valence-electron chi connectivity index (χ3n) is 4.44. The van der Waals surface area contributed by atoms with Crippen LogP contribution in [-0.4, -0.2) is 15.0 Å². The van der Waals surface area contributed by atoms with Gasteiger partial charge in [0.2, 0.25) is 0 Å². The molecule has 0 spiro atoms. The Bertz CT molecular complexity index is 519.